The zero-order valence-corrected chi connectivity index (χ0v) is 8.95. The quantitative estimate of drug-likeness (QED) is 0.794. The summed E-state index contributed by atoms with van der Waals surface area (Å²) in [4.78, 5) is 4.07. The lowest BCUT2D eigenvalue weighted by Crippen LogP contribution is -2.19. The minimum absolute atomic E-state index is 0.103. The van der Waals surface area contributed by atoms with Gasteiger partial charge in [0.25, 0.3) is 0 Å². The molecule has 0 aliphatic heterocycles. The van der Waals surface area contributed by atoms with E-state index in [1.165, 1.54) is 0 Å². The van der Waals surface area contributed by atoms with E-state index in [1.807, 2.05) is 19.9 Å². The minimum Gasteiger partial charge on any atom is -0.495 e. The summed E-state index contributed by atoms with van der Waals surface area (Å²) in [5.74, 6) is 0.760. The number of pyridine rings is 1. The van der Waals surface area contributed by atoms with Gasteiger partial charge >= 0.3 is 0 Å². The molecule has 0 bridgehead atoms. The summed E-state index contributed by atoms with van der Waals surface area (Å²) < 4.78 is 5.08. The third kappa shape index (κ3) is 3.00. The van der Waals surface area contributed by atoms with Crippen molar-refractivity contribution in [1.82, 2.24) is 4.98 Å². The van der Waals surface area contributed by atoms with E-state index in [1.54, 1.807) is 19.5 Å². The summed E-state index contributed by atoms with van der Waals surface area (Å²) in [6, 6.07) is 1.95. The molecule has 3 heteroatoms. The highest BCUT2D eigenvalue weighted by atomic mass is 16.5. The highest BCUT2D eigenvalue weighted by molar-refractivity contribution is 5.24. The van der Waals surface area contributed by atoms with Crippen LogP contribution in [0.1, 0.15) is 19.4 Å². The Bertz CT molecular complexity index is 297. The molecule has 0 aliphatic carbocycles. The highest BCUT2D eigenvalue weighted by Crippen LogP contribution is 2.22. The summed E-state index contributed by atoms with van der Waals surface area (Å²) in [5.41, 5.74) is 0.983. The predicted molar refractivity (Wildman–Crippen MR) is 55.4 cm³/mol. The zero-order chi connectivity index (χ0) is 10.6. The van der Waals surface area contributed by atoms with Crippen LogP contribution in [0, 0.1) is 5.41 Å². The SMILES string of the molecule is COc1cncc(CC(C)(C)CO)c1. The van der Waals surface area contributed by atoms with E-state index in [2.05, 4.69) is 4.98 Å². The van der Waals surface area contributed by atoms with Crippen molar-refractivity contribution in [3.63, 3.8) is 0 Å². The Labute approximate surface area is 84.7 Å². The molecule has 14 heavy (non-hydrogen) atoms. The van der Waals surface area contributed by atoms with E-state index in [4.69, 9.17) is 9.84 Å². The Kier molecular flexibility index (Phi) is 3.47. The van der Waals surface area contributed by atoms with Crippen LogP contribution in [0.15, 0.2) is 18.5 Å². The molecule has 0 atom stereocenters. The lowest BCUT2D eigenvalue weighted by Gasteiger charge is -2.21. The number of hydrogen-bond donors (Lipinski definition) is 1. The van der Waals surface area contributed by atoms with Crippen molar-refractivity contribution < 1.29 is 9.84 Å². The number of aliphatic hydroxyl groups excluding tert-OH is 1. The van der Waals surface area contributed by atoms with Crippen LogP contribution >= 0.6 is 0 Å². The van der Waals surface area contributed by atoms with Gasteiger partial charge in [-0.2, -0.15) is 0 Å². The average molecular weight is 195 g/mol. The zero-order valence-electron chi connectivity index (χ0n) is 8.95. The van der Waals surface area contributed by atoms with E-state index in [-0.39, 0.29) is 12.0 Å². The second kappa shape index (κ2) is 4.42. The Morgan fingerprint density at radius 2 is 2.14 bits per heavy atom. The van der Waals surface area contributed by atoms with Gasteiger partial charge in [0, 0.05) is 12.8 Å². The van der Waals surface area contributed by atoms with Crippen LogP contribution in [-0.2, 0) is 6.42 Å². The molecule has 0 saturated carbocycles. The van der Waals surface area contributed by atoms with Gasteiger partial charge in [0.15, 0.2) is 0 Å². The van der Waals surface area contributed by atoms with Crippen LogP contribution in [0.25, 0.3) is 0 Å². The Hall–Kier alpha value is -1.09. The summed E-state index contributed by atoms with van der Waals surface area (Å²) in [7, 11) is 1.62. The highest BCUT2D eigenvalue weighted by Gasteiger charge is 2.17. The van der Waals surface area contributed by atoms with Crippen molar-refractivity contribution in [3.05, 3.63) is 24.0 Å². The minimum atomic E-state index is -0.103. The maximum atomic E-state index is 9.13. The van der Waals surface area contributed by atoms with Crippen LogP contribution in [0.2, 0.25) is 0 Å². The van der Waals surface area contributed by atoms with E-state index in [0.717, 1.165) is 17.7 Å². The molecule has 0 amide bonds. The number of nitrogens with zero attached hydrogens (tertiary/aromatic N) is 1. The number of aliphatic hydroxyl groups is 1. The van der Waals surface area contributed by atoms with Crippen molar-refractivity contribution in [1.29, 1.82) is 0 Å². The molecule has 1 aromatic rings. The van der Waals surface area contributed by atoms with Crippen LogP contribution in [0.4, 0.5) is 0 Å². The normalized spacial score (nSPS) is 11.4. The van der Waals surface area contributed by atoms with Crippen molar-refractivity contribution in [2.75, 3.05) is 13.7 Å². The first-order valence-corrected chi connectivity index (χ1v) is 4.66. The number of hydrogen-bond acceptors (Lipinski definition) is 3. The third-order valence-electron chi connectivity index (χ3n) is 2.12. The smallest absolute Gasteiger partial charge is 0.137 e. The number of ether oxygens (including phenoxy) is 1. The summed E-state index contributed by atoms with van der Waals surface area (Å²) in [6.07, 6.45) is 4.28. The first kappa shape index (κ1) is 11.0. The molecular weight excluding hydrogens is 178 g/mol. The first-order valence-electron chi connectivity index (χ1n) is 4.66. The van der Waals surface area contributed by atoms with Crippen LogP contribution in [0.3, 0.4) is 0 Å². The largest absolute Gasteiger partial charge is 0.495 e. The van der Waals surface area contributed by atoms with Gasteiger partial charge in [-0.15, -0.1) is 0 Å². The van der Waals surface area contributed by atoms with E-state index in [9.17, 15) is 0 Å². The molecule has 0 unspecified atom stereocenters. The maximum Gasteiger partial charge on any atom is 0.137 e. The third-order valence-corrected chi connectivity index (χ3v) is 2.12. The molecule has 1 N–H and O–H groups in total. The van der Waals surface area contributed by atoms with Gasteiger partial charge in [-0.3, -0.25) is 4.98 Å². The van der Waals surface area contributed by atoms with Crippen molar-refractivity contribution in [3.8, 4) is 5.75 Å². The molecule has 0 radical (unpaired) electrons. The van der Waals surface area contributed by atoms with Gasteiger partial charge in [0.2, 0.25) is 0 Å². The predicted octanol–water partition coefficient (Wildman–Crippen LogP) is 1.65. The molecule has 3 nitrogen and oxygen atoms in total. The first-order chi connectivity index (χ1) is 6.57. The van der Waals surface area contributed by atoms with Crippen LogP contribution in [0.5, 0.6) is 5.75 Å². The Balaban J connectivity index is 2.76. The number of methoxy groups -OCH3 is 1. The molecule has 0 saturated heterocycles. The molecule has 0 fully saturated rings. The number of rotatable bonds is 4. The molecule has 0 aromatic carbocycles. The van der Waals surface area contributed by atoms with Crippen LogP contribution < -0.4 is 4.74 Å². The van der Waals surface area contributed by atoms with Gasteiger partial charge < -0.3 is 9.84 Å². The van der Waals surface area contributed by atoms with Gasteiger partial charge in [-0.05, 0) is 23.5 Å². The molecule has 1 heterocycles. The second-order valence-electron chi connectivity index (χ2n) is 4.23. The van der Waals surface area contributed by atoms with Crippen molar-refractivity contribution >= 4 is 0 Å². The molecular formula is C11H17NO2. The molecule has 0 spiro atoms. The van der Waals surface area contributed by atoms with Gasteiger partial charge in [0.05, 0.1) is 13.3 Å². The van der Waals surface area contributed by atoms with E-state index >= 15 is 0 Å². The fourth-order valence-electron chi connectivity index (χ4n) is 1.28. The summed E-state index contributed by atoms with van der Waals surface area (Å²) in [5, 5.41) is 9.13. The summed E-state index contributed by atoms with van der Waals surface area (Å²) >= 11 is 0. The number of aromatic nitrogens is 1. The summed E-state index contributed by atoms with van der Waals surface area (Å²) in [6.45, 7) is 4.21. The molecule has 1 aromatic heterocycles. The Morgan fingerprint density at radius 1 is 1.43 bits per heavy atom. The van der Waals surface area contributed by atoms with E-state index < -0.39 is 0 Å². The monoisotopic (exact) mass is 195 g/mol. The second-order valence-corrected chi connectivity index (χ2v) is 4.23. The van der Waals surface area contributed by atoms with Gasteiger partial charge in [0.1, 0.15) is 5.75 Å². The molecule has 0 aliphatic rings. The fourth-order valence-corrected chi connectivity index (χ4v) is 1.28. The van der Waals surface area contributed by atoms with Crippen molar-refractivity contribution in [2.24, 2.45) is 5.41 Å². The van der Waals surface area contributed by atoms with Crippen LogP contribution in [-0.4, -0.2) is 23.8 Å². The lowest BCUT2D eigenvalue weighted by atomic mass is 9.87. The van der Waals surface area contributed by atoms with Crippen molar-refractivity contribution in [2.45, 2.75) is 20.3 Å². The fraction of sp³-hybridized carbons (Fsp3) is 0.545. The topological polar surface area (TPSA) is 42.4 Å². The van der Waals surface area contributed by atoms with E-state index in [0.29, 0.717) is 0 Å². The average Bonchev–Trinajstić information content (AvgIpc) is 2.17. The molecule has 1 rings (SSSR count). The Morgan fingerprint density at radius 3 is 2.71 bits per heavy atom. The standard InChI is InChI=1S/C11H17NO2/c1-11(2,8-13)5-9-4-10(14-3)7-12-6-9/h4,6-7,13H,5,8H2,1-3H3. The van der Waals surface area contributed by atoms with Gasteiger partial charge in [-0.1, -0.05) is 13.8 Å². The van der Waals surface area contributed by atoms with Gasteiger partial charge in [-0.25, -0.2) is 0 Å². The molecule has 78 valence electrons. The maximum absolute atomic E-state index is 9.13. The lowest BCUT2D eigenvalue weighted by molar-refractivity contribution is 0.159.